The topological polar surface area (TPSA) is 92.3 Å². The smallest absolute Gasteiger partial charge is 0.277 e. The Hall–Kier alpha value is -3.70. The lowest BCUT2D eigenvalue weighted by molar-refractivity contribution is -0.123. The maximum Gasteiger partial charge on any atom is 0.277 e. The number of amides is 1. The van der Waals surface area contributed by atoms with Gasteiger partial charge in [-0.05, 0) is 43.3 Å². The van der Waals surface area contributed by atoms with Crippen LogP contribution in [-0.2, 0) is 4.79 Å². The summed E-state index contributed by atoms with van der Waals surface area (Å²) in [5.74, 6) is -0.555. The van der Waals surface area contributed by atoms with Crippen molar-refractivity contribution in [3.63, 3.8) is 0 Å². The van der Waals surface area contributed by atoms with Crippen LogP contribution in [-0.4, -0.2) is 28.5 Å². The molecule has 0 aliphatic rings. The van der Waals surface area contributed by atoms with Crippen molar-refractivity contribution in [1.82, 2.24) is 15.2 Å². The monoisotopic (exact) mass is 411 g/mol. The lowest BCUT2D eigenvalue weighted by Crippen LogP contribution is -2.24. The molecule has 0 spiro atoms. The predicted octanol–water partition coefficient (Wildman–Crippen LogP) is 3.37. The van der Waals surface area contributed by atoms with Gasteiger partial charge in [0.25, 0.3) is 5.91 Å². The molecule has 0 unspecified atom stereocenters. The molecule has 0 atom stereocenters. The van der Waals surface area contributed by atoms with Crippen LogP contribution in [0.2, 0.25) is 5.15 Å². The van der Waals surface area contributed by atoms with E-state index >= 15 is 0 Å². The van der Waals surface area contributed by atoms with Crippen molar-refractivity contribution >= 4 is 23.7 Å². The molecule has 1 N–H and O–H groups in total. The van der Waals surface area contributed by atoms with Crippen LogP contribution in [0.4, 0.5) is 4.39 Å². The molecular formula is C20H15ClFN5O2. The van der Waals surface area contributed by atoms with Crippen LogP contribution in [0.1, 0.15) is 16.8 Å². The van der Waals surface area contributed by atoms with E-state index in [1.165, 1.54) is 23.0 Å². The fourth-order valence-corrected chi connectivity index (χ4v) is 2.76. The lowest BCUT2D eigenvalue weighted by atomic mass is 10.2. The fraction of sp³-hybridized carbons (Fsp3) is 0.100. The molecule has 0 saturated heterocycles. The Bertz CT molecular complexity index is 1100. The highest BCUT2D eigenvalue weighted by Crippen LogP contribution is 2.22. The molecule has 3 aromatic rings. The Morgan fingerprint density at radius 1 is 1.34 bits per heavy atom. The van der Waals surface area contributed by atoms with E-state index in [1.54, 1.807) is 43.3 Å². The zero-order valence-electron chi connectivity index (χ0n) is 15.3. The van der Waals surface area contributed by atoms with E-state index < -0.39 is 5.91 Å². The van der Waals surface area contributed by atoms with Gasteiger partial charge in [0.1, 0.15) is 22.8 Å². The predicted molar refractivity (Wildman–Crippen MR) is 106 cm³/mol. The number of ether oxygens (including phenoxy) is 1. The molecule has 0 aliphatic heterocycles. The van der Waals surface area contributed by atoms with E-state index in [1.807, 2.05) is 6.07 Å². The Labute approximate surface area is 171 Å². The van der Waals surface area contributed by atoms with E-state index in [9.17, 15) is 9.18 Å². The summed E-state index contributed by atoms with van der Waals surface area (Å²) in [6.07, 6.45) is 1.37. The maximum atomic E-state index is 13.1. The molecule has 9 heteroatoms. The summed E-state index contributed by atoms with van der Waals surface area (Å²) in [6.45, 7) is 1.43. The molecule has 29 heavy (non-hydrogen) atoms. The van der Waals surface area contributed by atoms with Gasteiger partial charge in [-0.1, -0.05) is 23.7 Å². The minimum Gasteiger partial charge on any atom is -0.482 e. The first-order valence-corrected chi connectivity index (χ1v) is 8.82. The van der Waals surface area contributed by atoms with Crippen LogP contribution >= 0.6 is 11.6 Å². The summed E-state index contributed by atoms with van der Waals surface area (Å²) in [5.41, 5.74) is 4.34. The highest BCUT2D eigenvalue weighted by Gasteiger charge is 2.13. The zero-order chi connectivity index (χ0) is 20.8. The van der Waals surface area contributed by atoms with Crippen molar-refractivity contribution < 1.29 is 13.9 Å². The van der Waals surface area contributed by atoms with Crippen LogP contribution in [0.15, 0.2) is 53.6 Å². The molecule has 7 nitrogen and oxygen atoms in total. The summed E-state index contributed by atoms with van der Waals surface area (Å²) < 4.78 is 19.9. The van der Waals surface area contributed by atoms with E-state index in [-0.39, 0.29) is 17.6 Å². The molecule has 1 amide bonds. The highest BCUT2D eigenvalue weighted by molar-refractivity contribution is 6.32. The minimum absolute atomic E-state index is 0.270. The first-order valence-electron chi connectivity index (χ1n) is 8.44. The van der Waals surface area contributed by atoms with Gasteiger partial charge in [0, 0.05) is 0 Å². The molecule has 0 saturated carbocycles. The van der Waals surface area contributed by atoms with Crippen LogP contribution in [0.3, 0.4) is 0 Å². The molecule has 1 heterocycles. The van der Waals surface area contributed by atoms with Gasteiger partial charge in [-0.25, -0.2) is 14.5 Å². The van der Waals surface area contributed by atoms with Gasteiger partial charge in [0.05, 0.1) is 28.7 Å². The van der Waals surface area contributed by atoms with E-state index in [0.717, 1.165) is 0 Å². The second kappa shape index (κ2) is 8.99. The Morgan fingerprint density at radius 3 is 2.79 bits per heavy atom. The van der Waals surface area contributed by atoms with Crippen molar-refractivity contribution in [3.05, 3.63) is 76.3 Å². The van der Waals surface area contributed by atoms with Gasteiger partial charge in [-0.2, -0.15) is 15.5 Å². The van der Waals surface area contributed by atoms with E-state index in [0.29, 0.717) is 28.3 Å². The summed E-state index contributed by atoms with van der Waals surface area (Å²) in [4.78, 5) is 11.9. The molecule has 0 bridgehead atoms. The molecule has 0 fully saturated rings. The third-order valence-electron chi connectivity index (χ3n) is 3.87. The second-order valence-electron chi connectivity index (χ2n) is 5.87. The number of rotatable bonds is 6. The second-order valence-corrected chi connectivity index (χ2v) is 6.23. The number of nitrogens with zero attached hydrogens (tertiary/aromatic N) is 4. The van der Waals surface area contributed by atoms with Gasteiger partial charge in [-0.3, -0.25) is 4.79 Å². The Morgan fingerprint density at radius 2 is 2.07 bits per heavy atom. The molecule has 3 rings (SSSR count). The largest absolute Gasteiger partial charge is 0.482 e. The minimum atomic E-state index is -0.506. The number of aryl methyl sites for hydroxylation is 1. The molecule has 2 aromatic carbocycles. The molecule has 0 aliphatic carbocycles. The number of aromatic nitrogens is 2. The number of hydrogen-bond acceptors (Lipinski definition) is 5. The molecule has 146 valence electrons. The van der Waals surface area contributed by atoms with Gasteiger partial charge < -0.3 is 4.74 Å². The first-order chi connectivity index (χ1) is 14.0. The zero-order valence-corrected chi connectivity index (χ0v) is 16.0. The van der Waals surface area contributed by atoms with Gasteiger partial charge in [-0.15, -0.1) is 0 Å². The fourth-order valence-electron chi connectivity index (χ4n) is 2.44. The quantitative estimate of drug-likeness (QED) is 0.497. The standard InChI is InChI=1S/C20H15ClFN5O2/c1-13-17(20(21)27(26-13)16-8-6-15(22)7-9-16)11-24-25-19(28)12-29-18-5-3-2-4-14(18)10-23/h2-9,11H,12H2,1H3,(H,25,28)/b24-11-. The van der Waals surface area contributed by atoms with Crippen LogP contribution in [0, 0.1) is 24.1 Å². The van der Waals surface area contributed by atoms with Crippen molar-refractivity contribution in [1.29, 1.82) is 5.26 Å². The van der Waals surface area contributed by atoms with Crippen LogP contribution in [0.25, 0.3) is 5.69 Å². The van der Waals surface area contributed by atoms with Gasteiger partial charge in [0.2, 0.25) is 0 Å². The van der Waals surface area contributed by atoms with E-state index in [2.05, 4.69) is 15.6 Å². The molecule has 0 radical (unpaired) electrons. The van der Waals surface area contributed by atoms with Crippen molar-refractivity contribution in [2.24, 2.45) is 5.10 Å². The molecular weight excluding hydrogens is 397 g/mol. The van der Waals surface area contributed by atoms with Crippen molar-refractivity contribution in [2.75, 3.05) is 6.61 Å². The van der Waals surface area contributed by atoms with E-state index in [4.69, 9.17) is 21.6 Å². The normalized spacial score (nSPS) is 10.7. The van der Waals surface area contributed by atoms with Gasteiger partial charge in [0.15, 0.2) is 6.61 Å². The summed E-state index contributed by atoms with van der Waals surface area (Å²) in [6, 6.07) is 14.3. The SMILES string of the molecule is Cc1nn(-c2ccc(F)cc2)c(Cl)c1/C=N\NC(=O)COc1ccccc1C#N. The number of nitrogens with one attached hydrogen (secondary N) is 1. The van der Waals surface area contributed by atoms with Crippen LogP contribution in [0.5, 0.6) is 5.75 Å². The van der Waals surface area contributed by atoms with Crippen molar-refractivity contribution in [3.8, 4) is 17.5 Å². The number of nitriles is 1. The number of hydrazone groups is 1. The third-order valence-corrected chi connectivity index (χ3v) is 4.23. The molecule has 1 aromatic heterocycles. The summed E-state index contributed by atoms with van der Waals surface area (Å²) in [5, 5.41) is 17.5. The lowest BCUT2D eigenvalue weighted by Gasteiger charge is -2.06. The number of carbonyl (C=O) groups excluding carboxylic acids is 1. The summed E-state index contributed by atoms with van der Waals surface area (Å²) in [7, 11) is 0. The Balaban J connectivity index is 1.64. The third kappa shape index (κ3) is 4.78. The average molecular weight is 412 g/mol. The number of hydrogen-bond donors (Lipinski definition) is 1. The number of para-hydroxylation sites is 1. The van der Waals surface area contributed by atoms with Crippen molar-refractivity contribution in [2.45, 2.75) is 6.92 Å². The average Bonchev–Trinajstić information content (AvgIpc) is 3.01. The number of halogens is 2. The maximum absolute atomic E-state index is 13.1. The number of benzene rings is 2. The first kappa shape index (κ1) is 20.0. The number of carbonyl (C=O) groups is 1. The highest BCUT2D eigenvalue weighted by atomic mass is 35.5. The van der Waals surface area contributed by atoms with Crippen LogP contribution < -0.4 is 10.2 Å². The Kier molecular flexibility index (Phi) is 6.22. The summed E-state index contributed by atoms with van der Waals surface area (Å²) >= 11 is 6.34. The van der Waals surface area contributed by atoms with Gasteiger partial charge >= 0.3 is 0 Å².